The second-order valence-electron chi connectivity index (χ2n) is 5.39. The molecule has 0 heterocycles. The second-order valence-corrected chi connectivity index (χ2v) is 5.39. The third-order valence-corrected chi connectivity index (χ3v) is 1.60. The van der Waals surface area contributed by atoms with Crippen LogP contribution in [0.1, 0.15) is 54.4 Å². The molecule has 0 spiro atoms. The zero-order valence-corrected chi connectivity index (χ0v) is 10.1. The number of carbonyl (C=O) groups is 1. The summed E-state index contributed by atoms with van der Waals surface area (Å²) in [5.74, 6) is -0.327. The first-order valence-corrected chi connectivity index (χ1v) is 5.05. The van der Waals surface area contributed by atoms with E-state index in [9.17, 15) is 4.79 Å². The number of hydrogen-bond donors (Lipinski definition) is 0. The topological polar surface area (TPSA) is 35.5 Å². The fraction of sp³-hybridized carbons (Fsp3) is 0.909. The van der Waals surface area contributed by atoms with Crippen LogP contribution in [0.2, 0.25) is 0 Å². The standard InChI is InChI=1S/C11H22O3/c1-7-9(12)13-14-11(5,6)8-10(2,3)4/h7-8H2,1-6H3. The lowest BCUT2D eigenvalue weighted by atomic mass is 9.84. The van der Waals surface area contributed by atoms with Gasteiger partial charge in [0.15, 0.2) is 0 Å². The van der Waals surface area contributed by atoms with Gasteiger partial charge in [-0.2, -0.15) is 4.89 Å². The van der Waals surface area contributed by atoms with Crippen LogP contribution in [-0.2, 0) is 14.6 Å². The lowest BCUT2D eigenvalue weighted by Crippen LogP contribution is -2.31. The molecule has 0 saturated heterocycles. The molecule has 0 aromatic heterocycles. The molecule has 3 nitrogen and oxygen atoms in total. The Morgan fingerprint density at radius 3 is 2.00 bits per heavy atom. The van der Waals surface area contributed by atoms with Crippen molar-refractivity contribution in [1.82, 2.24) is 0 Å². The first-order valence-electron chi connectivity index (χ1n) is 5.05. The monoisotopic (exact) mass is 202 g/mol. The van der Waals surface area contributed by atoms with E-state index in [0.717, 1.165) is 6.42 Å². The third-order valence-electron chi connectivity index (χ3n) is 1.60. The first kappa shape index (κ1) is 13.4. The van der Waals surface area contributed by atoms with Crippen molar-refractivity contribution in [2.75, 3.05) is 0 Å². The molecule has 0 aromatic rings. The smallest absolute Gasteiger partial charge is 0.298 e. The molecule has 0 bridgehead atoms. The van der Waals surface area contributed by atoms with Crippen molar-refractivity contribution >= 4 is 5.97 Å². The van der Waals surface area contributed by atoms with E-state index in [1.807, 2.05) is 13.8 Å². The van der Waals surface area contributed by atoms with Crippen LogP contribution in [0, 0.1) is 5.41 Å². The van der Waals surface area contributed by atoms with Crippen LogP contribution in [0.25, 0.3) is 0 Å². The van der Waals surface area contributed by atoms with Crippen molar-refractivity contribution < 1.29 is 14.6 Å². The molecular weight excluding hydrogens is 180 g/mol. The SMILES string of the molecule is CCC(=O)OOC(C)(C)CC(C)(C)C. The van der Waals surface area contributed by atoms with E-state index in [-0.39, 0.29) is 11.4 Å². The molecule has 84 valence electrons. The fourth-order valence-corrected chi connectivity index (χ4v) is 1.52. The highest BCUT2D eigenvalue weighted by Crippen LogP contribution is 2.29. The summed E-state index contributed by atoms with van der Waals surface area (Å²) in [6, 6.07) is 0. The molecule has 0 rings (SSSR count). The molecule has 0 unspecified atom stereocenters. The summed E-state index contributed by atoms with van der Waals surface area (Å²) < 4.78 is 0. The Hall–Kier alpha value is -0.570. The van der Waals surface area contributed by atoms with Gasteiger partial charge < -0.3 is 0 Å². The molecule has 0 N–H and O–H groups in total. The van der Waals surface area contributed by atoms with Gasteiger partial charge in [-0.25, -0.2) is 4.79 Å². The Balaban J connectivity index is 4.01. The summed E-state index contributed by atoms with van der Waals surface area (Å²) in [6.45, 7) is 11.9. The van der Waals surface area contributed by atoms with Crippen molar-refractivity contribution in [2.45, 2.75) is 60.0 Å². The molecule has 0 atom stereocenters. The summed E-state index contributed by atoms with van der Waals surface area (Å²) >= 11 is 0. The molecule has 0 aliphatic rings. The summed E-state index contributed by atoms with van der Waals surface area (Å²) in [5, 5.41) is 0. The van der Waals surface area contributed by atoms with Gasteiger partial charge >= 0.3 is 5.97 Å². The maximum atomic E-state index is 10.9. The van der Waals surface area contributed by atoms with Gasteiger partial charge in [-0.3, -0.25) is 4.89 Å². The zero-order valence-electron chi connectivity index (χ0n) is 10.1. The third kappa shape index (κ3) is 6.89. The van der Waals surface area contributed by atoms with Crippen LogP contribution in [0.4, 0.5) is 0 Å². The van der Waals surface area contributed by atoms with Crippen LogP contribution >= 0.6 is 0 Å². The van der Waals surface area contributed by atoms with Crippen molar-refractivity contribution in [3.8, 4) is 0 Å². The summed E-state index contributed by atoms with van der Waals surface area (Å²) in [4.78, 5) is 20.6. The lowest BCUT2D eigenvalue weighted by Gasteiger charge is -2.30. The van der Waals surface area contributed by atoms with E-state index in [4.69, 9.17) is 4.89 Å². The quantitative estimate of drug-likeness (QED) is 0.519. The van der Waals surface area contributed by atoms with Crippen molar-refractivity contribution in [2.24, 2.45) is 5.41 Å². The highest BCUT2D eigenvalue weighted by atomic mass is 17.2. The van der Waals surface area contributed by atoms with Crippen molar-refractivity contribution in [1.29, 1.82) is 0 Å². The van der Waals surface area contributed by atoms with Gasteiger partial charge in [0, 0.05) is 6.42 Å². The average molecular weight is 202 g/mol. The van der Waals surface area contributed by atoms with E-state index in [1.165, 1.54) is 0 Å². The minimum Gasteiger partial charge on any atom is -0.298 e. The maximum Gasteiger partial charge on any atom is 0.342 e. The van der Waals surface area contributed by atoms with E-state index in [1.54, 1.807) is 6.92 Å². The highest BCUT2D eigenvalue weighted by Gasteiger charge is 2.28. The molecule has 0 aromatic carbocycles. The van der Waals surface area contributed by atoms with E-state index in [2.05, 4.69) is 25.7 Å². The van der Waals surface area contributed by atoms with Gasteiger partial charge in [0.2, 0.25) is 0 Å². The minimum atomic E-state index is -0.428. The van der Waals surface area contributed by atoms with Crippen LogP contribution in [0.15, 0.2) is 0 Å². The summed E-state index contributed by atoms with van der Waals surface area (Å²) in [7, 11) is 0. The van der Waals surface area contributed by atoms with E-state index < -0.39 is 5.60 Å². The normalized spacial score (nSPS) is 12.7. The predicted octanol–water partition coefficient (Wildman–Crippen LogP) is 3.09. The molecule has 0 fully saturated rings. The number of carbonyl (C=O) groups excluding carboxylic acids is 1. The van der Waals surface area contributed by atoms with Gasteiger partial charge in [-0.05, 0) is 25.7 Å². The van der Waals surface area contributed by atoms with Gasteiger partial charge in [0.25, 0.3) is 0 Å². The van der Waals surface area contributed by atoms with Crippen LogP contribution in [0.3, 0.4) is 0 Å². The van der Waals surface area contributed by atoms with Crippen molar-refractivity contribution in [3.63, 3.8) is 0 Å². The molecule has 0 aliphatic carbocycles. The van der Waals surface area contributed by atoms with Gasteiger partial charge in [-0.15, -0.1) is 0 Å². The second kappa shape index (κ2) is 4.78. The molecule has 3 heteroatoms. The molecular formula is C11H22O3. The molecule has 14 heavy (non-hydrogen) atoms. The summed E-state index contributed by atoms with van der Waals surface area (Å²) in [6.07, 6.45) is 1.17. The Morgan fingerprint density at radius 1 is 1.14 bits per heavy atom. The largest absolute Gasteiger partial charge is 0.342 e. The van der Waals surface area contributed by atoms with Gasteiger partial charge in [0.1, 0.15) is 5.60 Å². The predicted molar refractivity (Wildman–Crippen MR) is 55.6 cm³/mol. The number of hydrogen-bond acceptors (Lipinski definition) is 3. The molecule has 0 amide bonds. The summed E-state index contributed by atoms with van der Waals surface area (Å²) in [5.41, 5.74) is -0.273. The van der Waals surface area contributed by atoms with E-state index in [0.29, 0.717) is 6.42 Å². The molecule has 0 aliphatic heterocycles. The van der Waals surface area contributed by atoms with Crippen LogP contribution in [-0.4, -0.2) is 11.6 Å². The molecule has 0 radical (unpaired) electrons. The minimum absolute atomic E-state index is 0.155. The number of rotatable bonds is 4. The highest BCUT2D eigenvalue weighted by molar-refractivity contribution is 5.68. The fourth-order valence-electron chi connectivity index (χ4n) is 1.52. The Morgan fingerprint density at radius 2 is 1.64 bits per heavy atom. The average Bonchev–Trinajstić information content (AvgIpc) is 1.96. The van der Waals surface area contributed by atoms with E-state index >= 15 is 0 Å². The maximum absolute atomic E-state index is 10.9. The van der Waals surface area contributed by atoms with Gasteiger partial charge in [0.05, 0.1) is 0 Å². The lowest BCUT2D eigenvalue weighted by molar-refractivity contribution is -0.329. The van der Waals surface area contributed by atoms with Crippen LogP contribution in [0.5, 0.6) is 0 Å². The van der Waals surface area contributed by atoms with Gasteiger partial charge in [-0.1, -0.05) is 27.7 Å². The first-order chi connectivity index (χ1) is 6.16. The Kier molecular flexibility index (Phi) is 4.59. The Bertz CT molecular complexity index is 189. The zero-order chi connectivity index (χ0) is 11.4. The van der Waals surface area contributed by atoms with Crippen LogP contribution < -0.4 is 0 Å². The van der Waals surface area contributed by atoms with Crippen molar-refractivity contribution in [3.05, 3.63) is 0 Å². The Labute approximate surface area is 86.7 Å². The molecule has 0 saturated carbocycles.